The normalized spacial score (nSPS) is 11.8. The van der Waals surface area contributed by atoms with Crippen molar-refractivity contribution in [2.45, 2.75) is 11.1 Å². The van der Waals surface area contributed by atoms with Crippen molar-refractivity contribution in [3.63, 3.8) is 0 Å². The van der Waals surface area contributed by atoms with Crippen LogP contribution in [0.25, 0.3) is 0 Å². The van der Waals surface area contributed by atoms with E-state index in [1.807, 2.05) is 0 Å². The van der Waals surface area contributed by atoms with Crippen molar-refractivity contribution < 1.29 is 35.5 Å². The predicted molar refractivity (Wildman–Crippen MR) is 103 cm³/mol. The predicted octanol–water partition coefficient (Wildman–Crippen LogP) is 4.69. The van der Waals surface area contributed by atoms with Gasteiger partial charge in [0.25, 0.3) is 5.91 Å². The highest BCUT2D eigenvalue weighted by Gasteiger charge is 2.33. The molecule has 0 bridgehead atoms. The molecule has 3 rings (SSSR count). The smallest absolute Gasteiger partial charge is 0.417 e. The number of aromatic nitrogens is 1. The molecule has 0 atom stereocenters. The summed E-state index contributed by atoms with van der Waals surface area (Å²) >= 11 is 0. The average molecular weight is 454 g/mol. The Bertz CT molecular complexity index is 1230. The fourth-order valence-corrected chi connectivity index (χ4v) is 3.14. The number of sulfone groups is 1. The average Bonchev–Trinajstić information content (AvgIpc) is 2.68. The summed E-state index contributed by atoms with van der Waals surface area (Å²) in [5.41, 5.74) is -1.70. The van der Waals surface area contributed by atoms with E-state index in [0.29, 0.717) is 12.3 Å². The van der Waals surface area contributed by atoms with E-state index in [9.17, 15) is 30.8 Å². The number of rotatable bonds is 5. The second-order valence-electron chi connectivity index (χ2n) is 6.38. The molecule has 0 fully saturated rings. The molecule has 162 valence electrons. The van der Waals surface area contributed by atoms with Gasteiger partial charge < -0.3 is 10.1 Å². The Morgan fingerprint density at radius 2 is 1.74 bits per heavy atom. The third-order valence-electron chi connectivity index (χ3n) is 3.97. The molecule has 0 aliphatic rings. The Morgan fingerprint density at radius 1 is 1.06 bits per heavy atom. The van der Waals surface area contributed by atoms with Gasteiger partial charge in [0.2, 0.25) is 5.88 Å². The molecule has 11 heteroatoms. The number of ether oxygens (including phenoxy) is 1. The maximum Gasteiger partial charge on any atom is 0.417 e. The van der Waals surface area contributed by atoms with E-state index in [-0.39, 0.29) is 16.3 Å². The summed E-state index contributed by atoms with van der Waals surface area (Å²) in [6.07, 6.45) is -3.30. The highest BCUT2D eigenvalue weighted by Crippen LogP contribution is 2.33. The van der Waals surface area contributed by atoms with Crippen LogP contribution in [0.4, 0.5) is 23.2 Å². The van der Waals surface area contributed by atoms with Gasteiger partial charge in [0.15, 0.2) is 9.84 Å². The van der Waals surface area contributed by atoms with Crippen LogP contribution < -0.4 is 10.1 Å². The maximum atomic E-state index is 13.1. The summed E-state index contributed by atoms with van der Waals surface area (Å²) < 4.78 is 81.2. The summed E-state index contributed by atoms with van der Waals surface area (Å²) in [5.74, 6) is -1.98. The monoisotopic (exact) mass is 454 g/mol. The maximum absolute atomic E-state index is 13.1. The molecule has 0 unspecified atom stereocenters. The van der Waals surface area contributed by atoms with Crippen LogP contribution in [0.2, 0.25) is 0 Å². The van der Waals surface area contributed by atoms with Crippen LogP contribution in [0.3, 0.4) is 0 Å². The molecule has 1 N–H and O–H groups in total. The molecule has 0 saturated heterocycles. The summed E-state index contributed by atoms with van der Waals surface area (Å²) in [7, 11) is -3.57. The molecule has 3 aromatic rings. The first-order chi connectivity index (χ1) is 14.4. The van der Waals surface area contributed by atoms with Gasteiger partial charge in [0.1, 0.15) is 17.1 Å². The number of benzene rings is 2. The number of alkyl halides is 3. The summed E-state index contributed by atoms with van der Waals surface area (Å²) in [5, 5.41) is 2.33. The lowest BCUT2D eigenvalue weighted by Gasteiger charge is -2.14. The van der Waals surface area contributed by atoms with E-state index in [1.165, 1.54) is 30.3 Å². The van der Waals surface area contributed by atoms with Crippen molar-refractivity contribution in [1.29, 1.82) is 0 Å². The minimum Gasteiger partial charge on any atom is -0.438 e. The zero-order valence-corrected chi connectivity index (χ0v) is 16.6. The number of pyridine rings is 1. The molecule has 1 aromatic heterocycles. The summed E-state index contributed by atoms with van der Waals surface area (Å²) in [4.78, 5) is 16.2. The fraction of sp³-hybridized carbons (Fsp3) is 0.100. The fourth-order valence-electron chi connectivity index (χ4n) is 2.47. The van der Waals surface area contributed by atoms with Crippen molar-refractivity contribution in [2.75, 3.05) is 11.6 Å². The van der Waals surface area contributed by atoms with Gasteiger partial charge in [-0.05, 0) is 48.5 Å². The lowest BCUT2D eigenvalue weighted by Crippen LogP contribution is -2.16. The third kappa shape index (κ3) is 5.57. The van der Waals surface area contributed by atoms with Gasteiger partial charge in [0, 0.05) is 18.1 Å². The van der Waals surface area contributed by atoms with Crippen molar-refractivity contribution >= 4 is 21.4 Å². The number of anilines is 1. The van der Waals surface area contributed by atoms with Gasteiger partial charge in [-0.15, -0.1) is 0 Å². The summed E-state index contributed by atoms with van der Waals surface area (Å²) in [6, 6.07) is 10.3. The minimum atomic E-state index is -4.77. The molecule has 31 heavy (non-hydrogen) atoms. The van der Waals surface area contributed by atoms with Crippen LogP contribution in [0.5, 0.6) is 11.6 Å². The summed E-state index contributed by atoms with van der Waals surface area (Å²) in [6.45, 7) is 0. The third-order valence-corrected chi connectivity index (χ3v) is 5.08. The molecule has 0 aliphatic heterocycles. The number of hydrogen-bond donors (Lipinski definition) is 1. The number of nitrogens with one attached hydrogen (secondary N) is 1. The minimum absolute atomic E-state index is 0.0399. The van der Waals surface area contributed by atoms with Gasteiger partial charge in [-0.1, -0.05) is 6.07 Å². The number of amides is 1. The quantitative estimate of drug-likeness (QED) is 0.566. The molecule has 0 saturated carbocycles. The van der Waals surface area contributed by atoms with E-state index in [2.05, 4.69) is 10.3 Å². The number of hydrogen-bond acceptors (Lipinski definition) is 5. The van der Waals surface area contributed by atoms with Crippen LogP contribution >= 0.6 is 0 Å². The zero-order chi connectivity index (χ0) is 22.8. The topological polar surface area (TPSA) is 85.4 Å². The van der Waals surface area contributed by atoms with E-state index in [4.69, 9.17) is 4.74 Å². The second-order valence-corrected chi connectivity index (χ2v) is 8.40. The molecular weight excluding hydrogens is 440 g/mol. The molecule has 0 spiro atoms. The lowest BCUT2D eigenvalue weighted by molar-refractivity contribution is -0.137. The van der Waals surface area contributed by atoms with E-state index < -0.39 is 44.7 Å². The zero-order valence-electron chi connectivity index (χ0n) is 15.8. The van der Waals surface area contributed by atoms with Crippen LogP contribution in [0, 0.1) is 5.82 Å². The van der Waals surface area contributed by atoms with Crippen LogP contribution in [-0.2, 0) is 16.0 Å². The van der Waals surface area contributed by atoms with E-state index >= 15 is 0 Å². The number of carbonyl (C=O) groups is 1. The molecular formula is C20H14F4N2O4S. The van der Waals surface area contributed by atoms with Gasteiger partial charge in [-0.2, -0.15) is 13.2 Å². The van der Waals surface area contributed by atoms with Crippen LogP contribution in [0.15, 0.2) is 65.7 Å². The van der Waals surface area contributed by atoms with Crippen molar-refractivity contribution in [3.8, 4) is 11.6 Å². The molecule has 0 aliphatic carbocycles. The second kappa shape index (κ2) is 8.34. The lowest BCUT2D eigenvalue weighted by atomic mass is 10.1. The Hall–Kier alpha value is -3.47. The van der Waals surface area contributed by atoms with Crippen molar-refractivity contribution in [2.24, 2.45) is 0 Å². The highest BCUT2D eigenvalue weighted by atomic mass is 32.2. The molecule has 2 aromatic carbocycles. The molecule has 1 heterocycles. The Labute approximate surface area is 174 Å². The van der Waals surface area contributed by atoms with Gasteiger partial charge in [0.05, 0.1) is 10.5 Å². The van der Waals surface area contributed by atoms with E-state index in [1.54, 1.807) is 0 Å². The highest BCUT2D eigenvalue weighted by molar-refractivity contribution is 7.90. The van der Waals surface area contributed by atoms with Crippen molar-refractivity contribution in [3.05, 3.63) is 77.7 Å². The largest absolute Gasteiger partial charge is 0.438 e. The first-order valence-corrected chi connectivity index (χ1v) is 10.4. The van der Waals surface area contributed by atoms with Crippen LogP contribution in [0.1, 0.15) is 15.9 Å². The number of carbonyl (C=O) groups excluding carboxylic acids is 1. The standard InChI is InChI=1S/C20H14F4N2O4S/c1-31(28,29)16-4-2-3-14(10-16)26-18(27)17-9-12(20(22,23)24)11-25-19(17)30-15-7-5-13(21)6-8-15/h2-11H,1H3,(H,26,27). The Balaban J connectivity index is 1.98. The molecule has 1 amide bonds. The molecule has 6 nitrogen and oxygen atoms in total. The Kier molecular flexibility index (Phi) is 5.98. The van der Waals surface area contributed by atoms with Gasteiger partial charge >= 0.3 is 6.18 Å². The SMILES string of the molecule is CS(=O)(=O)c1cccc(NC(=O)c2cc(C(F)(F)F)cnc2Oc2ccc(F)cc2)c1. The van der Waals surface area contributed by atoms with Crippen LogP contribution in [-0.4, -0.2) is 25.6 Å². The first kappa shape index (κ1) is 22.2. The van der Waals surface area contributed by atoms with Gasteiger partial charge in [-0.3, -0.25) is 4.79 Å². The number of nitrogens with zero attached hydrogens (tertiary/aromatic N) is 1. The first-order valence-electron chi connectivity index (χ1n) is 8.55. The molecule has 0 radical (unpaired) electrons. The van der Waals surface area contributed by atoms with Crippen molar-refractivity contribution in [1.82, 2.24) is 4.98 Å². The Morgan fingerprint density at radius 3 is 2.35 bits per heavy atom. The van der Waals surface area contributed by atoms with E-state index in [0.717, 1.165) is 24.5 Å². The van der Waals surface area contributed by atoms with Gasteiger partial charge in [-0.25, -0.2) is 17.8 Å². The number of halogens is 4.